The summed E-state index contributed by atoms with van der Waals surface area (Å²) in [6.45, 7) is 0.493. The predicted octanol–water partition coefficient (Wildman–Crippen LogP) is 2.72. The zero-order valence-corrected chi connectivity index (χ0v) is 13.3. The van der Waals surface area contributed by atoms with Crippen LogP contribution in [0, 0.1) is 5.82 Å². The molecule has 0 fully saturated rings. The highest BCUT2D eigenvalue weighted by molar-refractivity contribution is 5.74. The summed E-state index contributed by atoms with van der Waals surface area (Å²) in [6, 6.07) is 13.5. The highest BCUT2D eigenvalue weighted by atomic mass is 19.1. The average molecular weight is 328 g/mol. The third kappa shape index (κ3) is 3.92. The molecule has 24 heavy (non-hydrogen) atoms. The van der Waals surface area contributed by atoms with Gasteiger partial charge in [-0.15, -0.1) is 0 Å². The second kappa shape index (κ2) is 7.45. The SMILES string of the molecule is O=C(NCCCc1cccc(F)c1)NC1c2ccccc2CC1O. The Kier molecular flexibility index (Phi) is 5.11. The molecule has 2 amide bonds. The summed E-state index contributed by atoms with van der Waals surface area (Å²) in [5, 5.41) is 15.8. The van der Waals surface area contributed by atoms with E-state index >= 15 is 0 Å². The van der Waals surface area contributed by atoms with E-state index in [1.165, 1.54) is 12.1 Å². The Balaban J connectivity index is 1.45. The molecule has 5 heteroatoms. The normalized spacial score (nSPS) is 18.9. The molecule has 0 heterocycles. The van der Waals surface area contributed by atoms with Gasteiger partial charge in [-0.2, -0.15) is 0 Å². The average Bonchev–Trinajstić information content (AvgIpc) is 2.88. The van der Waals surface area contributed by atoms with Crippen molar-refractivity contribution in [3.63, 3.8) is 0 Å². The van der Waals surface area contributed by atoms with Gasteiger partial charge < -0.3 is 15.7 Å². The molecule has 3 N–H and O–H groups in total. The molecule has 2 atom stereocenters. The molecule has 0 aromatic heterocycles. The van der Waals surface area contributed by atoms with E-state index in [1.54, 1.807) is 6.07 Å². The summed E-state index contributed by atoms with van der Waals surface area (Å²) in [5.41, 5.74) is 2.96. The molecule has 1 aliphatic rings. The number of aryl methyl sites for hydroxylation is 1. The second-order valence-electron chi connectivity index (χ2n) is 6.08. The number of hydrogen-bond acceptors (Lipinski definition) is 2. The molecule has 2 aromatic rings. The first-order valence-electron chi connectivity index (χ1n) is 8.18. The minimum Gasteiger partial charge on any atom is -0.390 e. The minimum absolute atomic E-state index is 0.243. The molecule has 2 unspecified atom stereocenters. The van der Waals surface area contributed by atoms with Gasteiger partial charge >= 0.3 is 6.03 Å². The van der Waals surface area contributed by atoms with Crippen LogP contribution < -0.4 is 10.6 Å². The molecule has 3 rings (SSSR count). The Bertz CT molecular complexity index is 720. The van der Waals surface area contributed by atoms with Gasteiger partial charge in [0.1, 0.15) is 5.82 Å². The number of urea groups is 1. The van der Waals surface area contributed by atoms with E-state index in [-0.39, 0.29) is 17.9 Å². The number of carbonyl (C=O) groups is 1. The predicted molar refractivity (Wildman–Crippen MR) is 90.1 cm³/mol. The van der Waals surface area contributed by atoms with Crippen molar-refractivity contribution in [2.24, 2.45) is 0 Å². The van der Waals surface area contributed by atoms with Gasteiger partial charge in [0.05, 0.1) is 12.1 Å². The number of benzene rings is 2. The highest BCUT2D eigenvalue weighted by Gasteiger charge is 2.31. The van der Waals surface area contributed by atoms with Gasteiger partial charge in [-0.1, -0.05) is 36.4 Å². The number of halogens is 1. The Morgan fingerprint density at radius 3 is 2.88 bits per heavy atom. The Morgan fingerprint density at radius 2 is 2.04 bits per heavy atom. The third-order valence-electron chi connectivity index (χ3n) is 4.31. The molecular formula is C19H21FN2O2. The van der Waals surface area contributed by atoms with Crippen molar-refractivity contribution in [2.75, 3.05) is 6.54 Å². The molecule has 0 bridgehead atoms. The van der Waals surface area contributed by atoms with Gasteiger partial charge in [-0.3, -0.25) is 0 Å². The number of fused-ring (bicyclic) bond motifs is 1. The van der Waals surface area contributed by atoms with Gasteiger partial charge in [-0.05, 0) is 41.7 Å². The lowest BCUT2D eigenvalue weighted by atomic mass is 10.1. The molecule has 0 saturated heterocycles. The van der Waals surface area contributed by atoms with Crippen molar-refractivity contribution in [1.82, 2.24) is 10.6 Å². The van der Waals surface area contributed by atoms with Crippen LogP contribution >= 0.6 is 0 Å². The largest absolute Gasteiger partial charge is 0.390 e. The topological polar surface area (TPSA) is 61.4 Å². The van der Waals surface area contributed by atoms with E-state index in [4.69, 9.17) is 0 Å². The van der Waals surface area contributed by atoms with Crippen LogP contribution in [0.4, 0.5) is 9.18 Å². The van der Waals surface area contributed by atoms with E-state index in [9.17, 15) is 14.3 Å². The fourth-order valence-electron chi connectivity index (χ4n) is 3.13. The number of nitrogens with one attached hydrogen (secondary N) is 2. The first-order valence-corrected chi connectivity index (χ1v) is 8.18. The zero-order chi connectivity index (χ0) is 16.9. The van der Waals surface area contributed by atoms with Gasteiger partial charge in [0.25, 0.3) is 0 Å². The lowest BCUT2D eigenvalue weighted by Gasteiger charge is -2.18. The lowest BCUT2D eigenvalue weighted by molar-refractivity contribution is 0.142. The molecule has 0 saturated carbocycles. The third-order valence-corrected chi connectivity index (χ3v) is 4.31. The van der Waals surface area contributed by atoms with Gasteiger partial charge in [0, 0.05) is 13.0 Å². The van der Waals surface area contributed by atoms with Crippen LogP contribution in [-0.4, -0.2) is 23.8 Å². The zero-order valence-electron chi connectivity index (χ0n) is 13.3. The van der Waals surface area contributed by atoms with Crippen LogP contribution in [0.5, 0.6) is 0 Å². The van der Waals surface area contributed by atoms with Crippen LogP contribution in [0.1, 0.15) is 29.2 Å². The van der Waals surface area contributed by atoms with Crippen molar-refractivity contribution < 1.29 is 14.3 Å². The monoisotopic (exact) mass is 328 g/mol. The maximum atomic E-state index is 13.1. The van der Waals surface area contributed by atoms with Crippen molar-refractivity contribution in [2.45, 2.75) is 31.4 Å². The highest BCUT2D eigenvalue weighted by Crippen LogP contribution is 2.30. The van der Waals surface area contributed by atoms with Gasteiger partial charge in [0.2, 0.25) is 0 Å². The molecule has 0 aliphatic heterocycles. The number of hydrogen-bond donors (Lipinski definition) is 3. The van der Waals surface area contributed by atoms with E-state index < -0.39 is 6.10 Å². The van der Waals surface area contributed by atoms with Crippen molar-refractivity contribution >= 4 is 6.03 Å². The van der Waals surface area contributed by atoms with Crippen LogP contribution in [0.3, 0.4) is 0 Å². The molecular weight excluding hydrogens is 307 g/mol. The van der Waals surface area contributed by atoms with Crippen molar-refractivity contribution in [3.05, 3.63) is 71.0 Å². The Hall–Kier alpha value is -2.40. The first-order chi connectivity index (χ1) is 11.6. The summed E-state index contributed by atoms with van der Waals surface area (Å²) in [6.07, 6.45) is 1.38. The summed E-state index contributed by atoms with van der Waals surface area (Å²) < 4.78 is 13.1. The standard InChI is InChI=1S/C19H21FN2O2/c20-15-8-3-5-13(11-15)6-4-10-21-19(24)22-18-16-9-2-1-7-14(16)12-17(18)23/h1-3,5,7-9,11,17-18,23H,4,6,10,12H2,(H2,21,22,24). The second-order valence-corrected chi connectivity index (χ2v) is 6.08. The molecule has 1 aliphatic carbocycles. The first kappa shape index (κ1) is 16.5. The summed E-state index contributed by atoms with van der Waals surface area (Å²) in [5.74, 6) is -0.243. The molecule has 2 aromatic carbocycles. The van der Waals surface area contributed by atoms with Crippen LogP contribution in [0.25, 0.3) is 0 Å². The molecule has 126 valence electrons. The van der Waals surface area contributed by atoms with Crippen molar-refractivity contribution in [1.29, 1.82) is 0 Å². The number of rotatable bonds is 5. The van der Waals surface area contributed by atoms with Crippen molar-refractivity contribution in [3.8, 4) is 0 Å². The molecule has 0 spiro atoms. The quantitative estimate of drug-likeness (QED) is 0.739. The number of carbonyl (C=O) groups excluding carboxylic acids is 1. The summed E-state index contributed by atoms with van der Waals surface area (Å²) >= 11 is 0. The minimum atomic E-state index is -0.597. The summed E-state index contributed by atoms with van der Waals surface area (Å²) in [4.78, 5) is 12.0. The van der Waals surface area contributed by atoms with E-state index in [0.29, 0.717) is 19.4 Å². The number of aliphatic hydroxyl groups excluding tert-OH is 1. The number of aliphatic hydroxyl groups is 1. The Labute approximate surface area is 140 Å². The fraction of sp³-hybridized carbons (Fsp3) is 0.316. The van der Waals surface area contributed by atoms with Gasteiger partial charge in [-0.25, -0.2) is 9.18 Å². The summed E-state index contributed by atoms with van der Waals surface area (Å²) in [7, 11) is 0. The Morgan fingerprint density at radius 1 is 1.21 bits per heavy atom. The molecule has 4 nitrogen and oxygen atoms in total. The smallest absolute Gasteiger partial charge is 0.315 e. The van der Waals surface area contributed by atoms with Crippen LogP contribution in [-0.2, 0) is 12.8 Å². The fourth-order valence-corrected chi connectivity index (χ4v) is 3.13. The van der Waals surface area contributed by atoms with E-state index in [1.807, 2.05) is 30.3 Å². The number of amides is 2. The van der Waals surface area contributed by atoms with Crippen LogP contribution in [0.15, 0.2) is 48.5 Å². The maximum Gasteiger partial charge on any atom is 0.315 e. The van der Waals surface area contributed by atoms with E-state index in [0.717, 1.165) is 23.1 Å². The van der Waals surface area contributed by atoms with E-state index in [2.05, 4.69) is 10.6 Å². The maximum absolute atomic E-state index is 13.1. The van der Waals surface area contributed by atoms with Gasteiger partial charge in [0.15, 0.2) is 0 Å². The molecule has 0 radical (unpaired) electrons. The van der Waals surface area contributed by atoms with Crippen LogP contribution in [0.2, 0.25) is 0 Å². The lowest BCUT2D eigenvalue weighted by Crippen LogP contribution is -2.41.